The SMILES string of the molecule is CC1CC1c1ccc(CN(c2cncc(C(N)=O)n2)C2CC2)o1. The van der Waals surface area contributed by atoms with Crippen LogP contribution in [0.4, 0.5) is 5.82 Å². The Bertz CT molecular complexity index is 738. The van der Waals surface area contributed by atoms with E-state index in [9.17, 15) is 4.79 Å². The van der Waals surface area contributed by atoms with Crippen molar-refractivity contribution in [3.05, 3.63) is 41.7 Å². The first-order valence-corrected chi connectivity index (χ1v) is 8.09. The first-order valence-electron chi connectivity index (χ1n) is 8.09. The summed E-state index contributed by atoms with van der Waals surface area (Å²) in [5.41, 5.74) is 5.50. The van der Waals surface area contributed by atoms with Gasteiger partial charge in [-0.15, -0.1) is 0 Å². The summed E-state index contributed by atoms with van der Waals surface area (Å²) in [4.78, 5) is 21.9. The maximum Gasteiger partial charge on any atom is 0.268 e. The molecule has 4 rings (SSSR count). The van der Waals surface area contributed by atoms with Crippen LogP contribution in [0.1, 0.15) is 54.1 Å². The van der Waals surface area contributed by atoms with Crippen LogP contribution in [-0.2, 0) is 6.54 Å². The summed E-state index contributed by atoms with van der Waals surface area (Å²) in [6, 6.07) is 4.56. The molecule has 0 aliphatic heterocycles. The second-order valence-corrected chi connectivity index (χ2v) is 6.61. The van der Waals surface area contributed by atoms with E-state index in [1.165, 1.54) is 12.6 Å². The zero-order chi connectivity index (χ0) is 16.0. The van der Waals surface area contributed by atoms with E-state index in [0.717, 1.165) is 30.3 Å². The lowest BCUT2D eigenvalue weighted by molar-refractivity contribution is 0.0995. The third-order valence-electron chi connectivity index (χ3n) is 4.64. The van der Waals surface area contributed by atoms with E-state index < -0.39 is 5.91 Å². The van der Waals surface area contributed by atoms with Crippen molar-refractivity contribution in [1.82, 2.24) is 9.97 Å². The summed E-state index contributed by atoms with van der Waals surface area (Å²) in [5.74, 6) is 3.44. The fraction of sp³-hybridized carbons (Fsp3) is 0.471. The molecule has 6 nitrogen and oxygen atoms in total. The number of anilines is 1. The number of rotatable bonds is 6. The molecule has 2 aromatic rings. The van der Waals surface area contributed by atoms with Gasteiger partial charge in [-0.1, -0.05) is 6.92 Å². The molecule has 0 radical (unpaired) electrons. The van der Waals surface area contributed by atoms with Gasteiger partial charge in [0.1, 0.15) is 23.0 Å². The van der Waals surface area contributed by atoms with E-state index in [1.807, 2.05) is 6.07 Å². The van der Waals surface area contributed by atoms with Gasteiger partial charge < -0.3 is 15.1 Å². The van der Waals surface area contributed by atoms with Crippen LogP contribution in [-0.4, -0.2) is 21.9 Å². The van der Waals surface area contributed by atoms with E-state index in [2.05, 4.69) is 27.9 Å². The van der Waals surface area contributed by atoms with Gasteiger partial charge in [-0.25, -0.2) is 4.98 Å². The fourth-order valence-corrected chi connectivity index (χ4v) is 2.96. The molecule has 2 aliphatic carbocycles. The van der Waals surface area contributed by atoms with E-state index in [4.69, 9.17) is 10.2 Å². The van der Waals surface area contributed by atoms with Gasteiger partial charge in [0.2, 0.25) is 0 Å². The molecular formula is C17H20N4O2. The van der Waals surface area contributed by atoms with Gasteiger partial charge in [0.25, 0.3) is 5.91 Å². The van der Waals surface area contributed by atoms with Crippen molar-refractivity contribution in [2.75, 3.05) is 4.90 Å². The number of carbonyl (C=O) groups is 1. The Morgan fingerprint density at radius 3 is 2.83 bits per heavy atom. The van der Waals surface area contributed by atoms with Crippen molar-refractivity contribution in [3.63, 3.8) is 0 Å². The fourth-order valence-electron chi connectivity index (χ4n) is 2.96. The number of amides is 1. The lowest BCUT2D eigenvalue weighted by Crippen LogP contribution is -2.27. The highest BCUT2D eigenvalue weighted by atomic mass is 16.3. The molecule has 1 amide bonds. The molecule has 2 unspecified atom stereocenters. The monoisotopic (exact) mass is 312 g/mol. The van der Waals surface area contributed by atoms with Crippen LogP contribution in [0.5, 0.6) is 0 Å². The van der Waals surface area contributed by atoms with Crippen molar-refractivity contribution in [2.24, 2.45) is 11.7 Å². The Morgan fingerprint density at radius 1 is 1.39 bits per heavy atom. The van der Waals surface area contributed by atoms with E-state index in [0.29, 0.717) is 24.3 Å². The number of aromatic nitrogens is 2. The highest BCUT2D eigenvalue weighted by molar-refractivity contribution is 5.90. The number of carbonyl (C=O) groups excluding carboxylic acids is 1. The van der Waals surface area contributed by atoms with Crippen molar-refractivity contribution < 1.29 is 9.21 Å². The third kappa shape index (κ3) is 2.93. The molecule has 2 heterocycles. The van der Waals surface area contributed by atoms with Gasteiger partial charge in [-0.3, -0.25) is 9.78 Å². The molecule has 2 saturated carbocycles. The van der Waals surface area contributed by atoms with Crippen LogP contribution in [0.25, 0.3) is 0 Å². The predicted molar refractivity (Wildman–Crippen MR) is 85.0 cm³/mol. The van der Waals surface area contributed by atoms with Gasteiger partial charge in [0.05, 0.1) is 18.9 Å². The minimum Gasteiger partial charge on any atom is -0.464 e. The van der Waals surface area contributed by atoms with Crippen LogP contribution in [0.3, 0.4) is 0 Å². The zero-order valence-corrected chi connectivity index (χ0v) is 13.1. The molecule has 23 heavy (non-hydrogen) atoms. The number of furan rings is 1. The van der Waals surface area contributed by atoms with Crippen LogP contribution in [0.15, 0.2) is 28.9 Å². The maximum absolute atomic E-state index is 11.3. The maximum atomic E-state index is 11.3. The molecular weight excluding hydrogens is 292 g/mol. The number of primary amides is 1. The highest BCUT2D eigenvalue weighted by Crippen LogP contribution is 2.47. The number of hydrogen-bond donors (Lipinski definition) is 1. The summed E-state index contributed by atoms with van der Waals surface area (Å²) in [7, 11) is 0. The molecule has 0 aromatic carbocycles. The molecule has 2 atom stereocenters. The Hall–Kier alpha value is -2.37. The van der Waals surface area contributed by atoms with Crippen molar-refractivity contribution >= 4 is 11.7 Å². The lowest BCUT2D eigenvalue weighted by Gasteiger charge is -2.22. The number of hydrogen-bond acceptors (Lipinski definition) is 5. The van der Waals surface area contributed by atoms with Gasteiger partial charge in [-0.2, -0.15) is 0 Å². The minimum atomic E-state index is -0.557. The van der Waals surface area contributed by atoms with E-state index in [-0.39, 0.29) is 5.69 Å². The van der Waals surface area contributed by atoms with Crippen LogP contribution in [0, 0.1) is 5.92 Å². The Labute approximate surface area is 134 Å². The summed E-state index contributed by atoms with van der Waals surface area (Å²) in [6.45, 7) is 2.89. The Morgan fingerprint density at radius 2 is 2.17 bits per heavy atom. The van der Waals surface area contributed by atoms with Crippen LogP contribution >= 0.6 is 0 Å². The van der Waals surface area contributed by atoms with E-state index in [1.54, 1.807) is 6.20 Å². The molecule has 2 fully saturated rings. The normalized spacial score (nSPS) is 22.8. The van der Waals surface area contributed by atoms with Crippen LogP contribution in [0.2, 0.25) is 0 Å². The molecule has 0 saturated heterocycles. The topological polar surface area (TPSA) is 85.3 Å². The summed E-state index contributed by atoms with van der Waals surface area (Å²) in [6.07, 6.45) is 6.53. The summed E-state index contributed by atoms with van der Waals surface area (Å²) in [5, 5.41) is 0. The van der Waals surface area contributed by atoms with Gasteiger partial charge in [-0.05, 0) is 37.3 Å². The molecule has 6 heteroatoms. The molecule has 2 aromatic heterocycles. The lowest BCUT2D eigenvalue weighted by atomic mass is 10.3. The first-order chi connectivity index (χ1) is 11.1. The smallest absolute Gasteiger partial charge is 0.268 e. The van der Waals surface area contributed by atoms with E-state index >= 15 is 0 Å². The second-order valence-electron chi connectivity index (χ2n) is 6.61. The second kappa shape index (κ2) is 5.37. The molecule has 0 spiro atoms. The summed E-state index contributed by atoms with van der Waals surface area (Å²) >= 11 is 0. The number of nitrogens with zero attached hydrogens (tertiary/aromatic N) is 3. The first kappa shape index (κ1) is 14.2. The molecule has 0 bridgehead atoms. The van der Waals surface area contributed by atoms with Crippen LogP contribution < -0.4 is 10.6 Å². The van der Waals surface area contributed by atoms with Crippen molar-refractivity contribution in [2.45, 2.75) is 44.7 Å². The van der Waals surface area contributed by atoms with Gasteiger partial charge >= 0.3 is 0 Å². The quantitative estimate of drug-likeness (QED) is 0.885. The number of nitrogens with two attached hydrogens (primary N) is 1. The highest BCUT2D eigenvalue weighted by Gasteiger charge is 2.37. The van der Waals surface area contributed by atoms with Gasteiger partial charge in [0.15, 0.2) is 0 Å². The zero-order valence-electron chi connectivity index (χ0n) is 13.1. The molecule has 2 aliphatic rings. The minimum absolute atomic E-state index is 0.195. The largest absolute Gasteiger partial charge is 0.464 e. The summed E-state index contributed by atoms with van der Waals surface area (Å²) < 4.78 is 6.00. The Balaban J connectivity index is 1.55. The standard InChI is InChI=1S/C17H20N4O2/c1-10-6-13(10)15-5-4-12(23-15)9-21(11-2-3-11)16-8-19-7-14(20-16)17(18)22/h4-5,7-8,10-11,13H,2-3,6,9H2,1H3,(H2,18,22). The average molecular weight is 312 g/mol. The van der Waals surface area contributed by atoms with Gasteiger partial charge in [0, 0.05) is 12.0 Å². The Kier molecular flexibility index (Phi) is 3.32. The van der Waals surface area contributed by atoms with Crippen molar-refractivity contribution in [1.29, 1.82) is 0 Å². The molecule has 120 valence electrons. The predicted octanol–water partition coefficient (Wildman–Crippen LogP) is 2.46. The van der Waals surface area contributed by atoms with Crippen molar-refractivity contribution in [3.8, 4) is 0 Å². The third-order valence-corrected chi connectivity index (χ3v) is 4.64. The molecule has 2 N–H and O–H groups in total. The average Bonchev–Trinajstić information content (AvgIpc) is 3.46.